The summed E-state index contributed by atoms with van der Waals surface area (Å²) >= 11 is 0. The molecule has 1 heterocycles. The topological polar surface area (TPSA) is 38.0 Å². The van der Waals surface area contributed by atoms with Crippen molar-refractivity contribution in [2.24, 2.45) is 7.05 Å². The van der Waals surface area contributed by atoms with Crippen LogP contribution < -0.4 is 0 Å². The summed E-state index contributed by atoms with van der Waals surface area (Å²) in [5.74, 6) is -1.79. The van der Waals surface area contributed by atoms with Crippen LogP contribution >= 0.6 is 0 Å². The van der Waals surface area contributed by atoms with Crippen molar-refractivity contribution in [2.75, 3.05) is 0 Å². The first-order chi connectivity index (χ1) is 7.94. The molecule has 3 nitrogen and oxygen atoms in total. The van der Waals surface area contributed by atoms with Crippen molar-refractivity contribution in [1.82, 2.24) is 9.55 Å². The number of hydrogen-bond acceptors (Lipinski definition) is 2. The van der Waals surface area contributed by atoms with Crippen LogP contribution in [0.4, 0.5) is 8.78 Å². The molecule has 0 amide bonds. The lowest BCUT2D eigenvalue weighted by Crippen LogP contribution is -2.28. The Labute approximate surface area is 97.3 Å². The molecule has 1 unspecified atom stereocenters. The van der Waals surface area contributed by atoms with E-state index in [1.54, 1.807) is 17.8 Å². The maximum atomic E-state index is 13.6. The van der Waals surface area contributed by atoms with E-state index in [9.17, 15) is 13.9 Å². The van der Waals surface area contributed by atoms with Gasteiger partial charge in [-0.15, -0.1) is 0 Å². The molecule has 2 aromatic rings. The monoisotopic (exact) mass is 238 g/mol. The van der Waals surface area contributed by atoms with E-state index >= 15 is 0 Å². The van der Waals surface area contributed by atoms with Crippen molar-refractivity contribution in [2.45, 2.75) is 12.5 Å². The van der Waals surface area contributed by atoms with Gasteiger partial charge in [0.2, 0.25) is 0 Å². The molecule has 0 aliphatic heterocycles. The van der Waals surface area contributed by atoms with Crippen LogP contribution in [-0.4, -0.2) is 14.7 Å². The van der Waals surface area contributed by atoms with Crippen LogP contribution in [0.25, 0.3) is 0 Å². The van der Waals surface area contributed by atoms with E-state index < -0.39 is 17.2 Å². The molecule has 1 N–H and O–H groups in total. The van der Waals surface area contributed by atoms with Gasteiger partial charge in [0, 0.05) is 25.0 Å². The number of aromatic nitrogens is 2. The summed E-state index contributed by atoms with van der Waals surface area (Å²) in [5, 5.41) is 10.3. The predicted molar refractivity (Wildman–Crippen MR) is 58.2 cm³/mol. The molecule has 0 fully saturated rings. The first kappa shape index (κ1) is 11.7. The van der Waals surface area contributed by atoms with Crippen LogP contribution in [0.1, 0.15) is 18.3 Å². The molecule has 90 valence electrons. The molecule has 0 saturated heterocycles. The maximum absolute atomic E-state index is 13.6. The number of rotatable bonds is 2. The van der Waals surface area contributed by atoms with E-state index in [1.165, 1.54) is 25.3 Å². The Morgan fingerprint density at radius 2 is 2.06 bits per heavy atom. The van der Waals surface area contributed by atoms with E-state index in [2.05, 4.69) is 4.98 Å². The SMILES string of the molecule is Cn1ccnc1C(C)(O)c1cccc(F)c1F. The molecule has 0 aliphatic carbocycles. The highest BCUT2D eigenvalue weighted by Crippen LogP contribution is 2.30. The number of benzene rings is 1. The highest BCUT2D eigenvalue weighted by molar-refractivity contribution is 5.30. The van der Waals surface area contributed by atoms with Crippen molar-refractivity contribution in [1.29, 1.82) is 0 Å². The van der Waals surface area contributed by atoms with Crippen molar-refractivity contribution < 1.29 is 13.9 Å². The van der Waals surface area contributed by atoms with Gasteiger partial charge < -0.3 is 9.67 Å². The van der Waals surface area contributed by atoms with Gasteiger partial charge in [0.15, 0.2) is 11.6 Å². The van der Waals surface area contributed by atoms with Gasteiger partial charge in [0.25, 0.3) is 0 Å². The molecule has 1 aromatic carbocycles. The number of aryl methyl sites for hydroxylation is 1. The fourth-order valence-electron chi connectivity index (χ4n) is 1.83. The summed E-state index contributed by atoms with van der Waals surface area (Å²) in [6, 6.07) is 3.70. The number of nitrogens with zero attached hydrogens (tertiary/aromatic N) is 2. The van der Waals surface area contributed by atoms with Crippen LogP contribution in [0.2, 0.25) is 0 Å². The highest BCUT2D eigenvalue weighted by atomic mass is 19.2. The van der Waals surface area contributed by atoms with Crippen LogP contribution in [0.3, 0.4) is 0 Å². The molecule has 1 aromatic heterocycles. The normalized spacial score (nSPS) is 14.6. The van der Waals surface area contributed by atoms with Crippen molar-refractivity contribution in [3.63, 3.8) is 0 Å². The van der Waals surface area contributed by atoms with Crippen molar-refractivity contribution in [3.8, 4) is 0 Å². The highest BCUT2D eigenvalue weighted by Gasteiger charge is 2.33. The van der Waals surface area contributed by atoms with E-state index in [0.29, 0.717) is 0 Å². The second-order valence-corrected chi connectivity index (χ2v) is 4.04. The van der Waals surface area contributed by atoms with Crippen LogP contribution in [-0.2, 0) is 12.6 Å². The molecule has 0 radical (unpaired) electrons. The number of halogens is 2. The minimum atomic E-state index is -1.68. The third kappa shape index (κ3) is 1.82. The molecular formula is C12H12F2N2O. The van der Waals surface area contributed by atoms with Crippen LogP contribution in [0.15, 0.2) is 30.6 Å². The van der Waals surface area contributed by atoms with E-state index in [4.69, 9.17) is 0 Å². The van der Waals surface area contributed by atoms with Crippen molar-refractivity contribution >= 4 is 0 Å². The third-order valence-electron chi connectivity index (χ3n) is 2.73. The minimum absolute atomic E-state index is 0.133. The zero-order valence-electron chi connectivity index (χ0n) is 9.48. The second-order valence-electron chi connectivity index (χ2n) is 4.04. The maximum Gasteiger partial charge on any atom is 0.165 e. The lowest BCUT2D eigenvalue weighted by atomic mass is 9.94. The van der Waals surface area contributed by atoms with Crippen LogP contribution in [0, 0.1) is 11.6 Å². The number of hydrogen-bond donors (Lipinski definition) is 1. The average molecular weight is 238 g/mol. The Morgan fingerprint density at radius 1 is 1.35 bits per heavy atom. The molecular weight excluding hydrogens is 226 g/mol. The summed E-state index contributed by atoms with van der Waals surface area (Å²) in [4.78, 5) is 3.96. The second kappa shape index (κ2) is 3.92. The lowest BCUT2D eigenvalue weighted by molar-refractivity contribution is 0.0842. The molecule has 5 heteroatoms. The number of aliphatic hydroxyl groups is 1. The fourth-order valence-corrected chi connectivity index (χ4v) is 1.83. The van der Waals surface area contributed by atoms with Crippen molar-refractivity contribution in [3.05, 3.63) is 53.6 Å². The molecule has 17 heavy (non-hydrogen) atoms. The predicted octanol–water partition coefficient (Wildman–Crippen LogP) is 1.95. The first-order valence-corrected chi connectivity index (χ1v) is 5.09. The van der Waals surface area contributed by atoms with Gasteiger partial charge in [0.1, 0.15) is 11.4 Å². The molecule has 1 atom stereocenters. The Morgan fingerprint density at radius 3 is 2.65 bits per heavy atom. The van der Waals surface area contributed by atoms with Gasteiger partial charge in [-0.2, -0.15) is 0 Å². The summed E-state index contributed by atoms with van der Waals surface area (Å²) < 4.78 is 28.3. The van der Waals surface area contributed by atoms with Gasteiger partial charge in [0.05, 0.1) is 0 Å². The van der Waals surface area contributed by atoms with E-state index in [-0.39, 0.29) is 11.4 Å². The van der Waals surface area contributed by atoms with Crippen LogP contribution in [0.5, 0.6) is 0 Å². The summed E-state index contributed by atoms with van der Waals surface area (Å²) in [5.41, 5.74) is -1.81. The van der Waals surface area contributed by atoms with Gasteiger partial charge in [-0.25, -0.2) is 13.8 Å². The minimum Gasteiger partial charge on any atom is -0.377 e. The zero-order valence-corrected chi connectivity index (χ0v) is 9.48. The molecule has 0 saturated carbocycles. The molecule has 2 rings (SSSR count). The Hall–Kier alpha value is -1.75. The molecule has 0 bridgehead atoms. The van der Waals surface area contributed by atoms with Gasteiger partial charge >= 0.3 is 0 Å². The summed E-state index contributed by atoms with van der Waals surface area (Å²) in [6.07, 6.45) is 3.11. The summed E-state index contributed by atoms with van der Waals surface area (Å²) in [6.45, 7) is 1.38. The lowest BCUT2D eigenvalue weighted by Gasteiger charge is -2.23. The fraction of sp³-hybridized carbons (Fsp3) is 0.250. The molecule has 0 spiro atoms. The zero-order chi connectivity index (χ0) is 12.6. The standard InChI is InChI=1S/C12H12F2N2O/c1-12(17,11-15-6-7-16(11)2)8-4-3-5-9(13)10(8)14/h3-7,17H,1-2H3. The van der Waals surface area contributed by atoms with Gasteiger partial charge in [-0.05, 0) is 13.0 Å². The Balaban J connectivity index is 2.60. The first-order valence-electron chi connectivity index (χ1n) is 5.09. The summed E-state index contributed by atoms with van der Waals surface area (Å²) in [7, 11) is 1.67. The third-order valence-corrected chi connectivity index (χ3v) is 2.73. The van der Waals surface area contributed by atoms with E-state index in [1.807, 2.05) is 0 Å². The molecule has 0 aliphatic rings. The Kier molecular flexibility index (Phi) is 2.71. The quantitative estimate of drug-likeness (QED) is 0.868. The largest absolute Gasteiger partial charge is 0.377 e. The Bertz CT molecular complexity index is 549. The number of imidazole rings is 1. The smallest absolute Gasteiger partial charge is 0.165 e. The average Bonchev–Trinajstić information content (AvgIpc) is 2.69. The van der Waals surface area contributed by atoms with Gasteiger partial charge in [-0.3, -0.25) is 0 Å². The van der Waals surface area contributed by atoms with Gasteiger partial charge in [-0.1, -0.05) is 12.1 Å². The van der Waals surface area contributed by atoms with E-state index in [0.717, 1.165) is 6.07 Å².